The summed E-state index contributed by atoms with van der Waals surface area (Å²) in [5.74, 6) is -1.21. The van der Waals surface area contributed by atoms with Gasteiger partial charge in [-0.1, -0.05) is 17.7 Å². The van der Waals surface area contributed by atoms with Gasteiger partial charge in [-0.3, -0.25) is 4.79 Å². The van der Waals surface area contributed by atoms with Gasteiger partial charge in [-0.25, -0.2) is 8.78 Å². The minimum absolute atomic E-state index is 0. The Morgan fingerprint density at radius 2 is 1.71 bits per heavy atom. The van der Waals surface area contributed by atoms with Crippen molar-refractivity contribution in [3.05, 3.63) is 106 Å². The fraction of sp³-hybridized carbons (Fsp3) is 0.200. The maximum absolute atomic E-state index is 13.8. The largest absolute Gasteiger partial charge is 1.00 e. The molecule has 4 rings (SSSR count). The van der Waals surface area contributed by atoms with Crippen molar-refractivity contribution in [3.8, 4) is 22.5 Å². The summed E-state index contributed by atoms with van der Waals surface area (Å²) < 4.78 is 38.6. The number of furan rings is 1. The summed E-state index contributed by atoms with van der Waals surface area (Å²) in [5, 5.41) is 14.2. The number of amides is 1. The van der Waals surface area contributed by atoms with Crippen LogP contribution in [-0.2, 0) is 22.7 Å². The number of carbonyl (C=O) groups is 2. The normalized spacial score (nSPS) is 11.5. The quantitative estimate of drug-likeness (QED) is 0.255. The van der Waals surface area contributed by atoms with E-state index in [2.05, 4.69) is 5.32 Å². The van der Waals surface area contributed by atoms with Gasteiger partial charge in [0.1, 0.15) is 29.8 Å². The van der Waals surface area contributed by atoms with Gasteiger partial charge in [-0.2, -0.15) is 11.8 Å². The van der Waals surface area contributed by atoms with E-state index in [0.29, 0.717) is 34.0 Å². The minimum Gasteiger partial charge on any atom is -0.548 e. The van der Waals surface area contributed by atoms with E-state index >= 15 is 0 Å². The molecule has 41 heavy (non-hydrogen) atoms. The molecule has 0 aliphatic heterocycles. The van der Waals surface area contributed by atoms with Gasteiger partial charge in [0.2, 0.25) is 0 Å². The van der Waals surface area contributed by atoms with E-state index in [9.17, 15) is 23.5 Å². The Bertz CT molecular complexity index is 1500. The maximum Gasteiger partial charge on any atom is 1.00 e. The van der Waals surface area contributed by atoms with Crippen LogP contribution in [0.1, 0.15) is 28.1 Å². The summed E-state index contributed by atoms with van der Waals surface area (Å²) in [6.07, 6.45) is 2.03. The van der Waals surface area contributed by atoms with Gasteiger partial charge in [0.25, 0.3) is 5.91 Å². The Balaban J connectivity index is 0.00000462. The minimum atomic E-state index is -1.38. The monoisotopic (exact) mass is 591 g/mol. The molecule has 0 spiro atoms. The first-order valence-corrected chi connectivity index (χ1v) is 14.0. The van der Waals surface area contributed by atoms with Gasteiger partial charge >= 0.3 is 18.9 Å². The molecule has 4 aromatic rings. The van der Waals surface area contributed by atoms with Crippen LogP contribution in [0.4, 0.5) is 8.78 Å². The van der Waals surface area contributed by atoms with E-state index in [1.807, 2.05) is 6.26 Å². The number of carboxylic acid groups (broad SMARTS) is 1. The standard InChI is InChI=1S/C30H26ClF2NO5S.Li/c1-40-13-12-27(30(36)37)34-29(35)24-9-2-18(14-25(24)23-10-7-21(33)15-26(23)31)16-38-17-22-8-11-28(39-22)19-3-5-20(32)6-4-19;/h2-11,14-15,27H,12-13,16-17H2,1H3,(H,34,35)(H,36,37);/q;+1/p-1/t27-;/m0./s1. The van der Waals surface area contributed by atoms with Crippen LogP contribution in [0.5, 0.6) is 0 Å². The van der Waals surface area contributed by atoms with Gasteiger partial charge in [-0.05, 0) is 96.3 Å². The van der Waals surface area contributed by atoms with E-state index < -0.39 is 23.7 Å². The van der Waals surface area contributed by atoms with Crippen molar-refractivity contribution < 1.29 is 51.5 Å². The first-order chi connectivity index (χ1) is 19.2. The van der Waals surface area contributed by atoms with Crippen LogP contribution < -0.4 is 29.3 Å². The van der Waals surface area contributed by atoms with Crippen molar-refractivity contribution in [1.82, 2.24) is 5.32 Å². The molecule has 0 saturated carbocycles. The number of carbonyl (C=O) groups excluding carboxylic acids is 2. The Morgan fingerprint density at radius 1 is 0.976 bits per heavy atom. The fourth-order valence-electron chi connectivity index (χ4n) is 4.02. The topological polar surface area (TPSA) is 91.6 Å². The molecular weight excluding hydrogens is 567 g/mol. The van der Waals surface area contributed by atoms with Crippen LogP contribution in [-0.4, -0.2) is 29.9 Å². The molecule has 1 aromatic heterocycles. The number of carboxylic acids is 1. The van der Waals surface area contributed by atoms with Crippen LogP contribution in [0.25, 0.3) is 22.5 Å². The van der Waals surface area contributed by atoms with Crippen molar-refractivity contribution in [3.63, 3.8) is 0 Å². The SMILES string of the molecule is CSCC[C@H](NC(=O)c1ccc(COCc2ccc(-c3ccc(F)cc3)o2)cc1-c1ccc(F)cc1Cl)C(=O)[O-].[Li+]. The molecule has 0 radical (unpaired) electrons. The molecule has 0 fully saturated rings. The molecule has 0 saturated heterocycles. The molecule has 1 amide bonds. The molecule has 1 heterocycles. The average molecular weight is 592 g/mol. The molecule has 6 nitrogen and oxygen atoms in total. The van der Waals surface area contributed by atoms with Crippen molar-refractivity contribution in [2.24, 2.45) is 0 Å². The summed E-state index contributed by atoms with van der Waals surface area (Å²) in [5.41, 5.74) is 2.39. The van der Waals surface area contributed by atoms with Crippen LogP contribution >= 0.6 is 23.4 Å². The van der Waals surface area contributed by atoms with Crippen molar-refractivity contribution in [2.45, 2.75) is 25.7 Å². The molecule has 0 aliphatic carbocycles. The Labute approximate surface area is 257 Å². The van der Waals surface area contributed by atoms with Gasteiger partial charge in [-0.15, -0.1) is 0 Å². The number of nitrogens with one attached hydrogen (secondary N) is 1. The Hall–Kier alpha value is -3.06. The van der Waals surface area contributed by atoms with E-state index in [0.717, 1.165) is 11.6 Å². The number of ether oxygens (including phenoxy) is 1. The molecule has 0 bridgehead atoms. The second kappa shape index (κ2) is 15.2. The maximum atomic E-state index is 13.8. The summed E-state index contributed by atoms with van der Waals surface area (Å²) in [6, 6.07) is 17.0. The van der Waals surface area contributed by atoms with Crippen LogP contribution in [0, 0.1) is 11.6 Å². The average Bonchev–Trinajstić information content (AvgIpc) is 3.40. The third-order valence-corrected chi connectivity index (χ3v) is 7.01. The summed E-state index contributed by atoms with van der Waals surface area (Å²) in [6.45, 7) is 0.300. The smallest absolute Gasteiger partial charge is 0.548 e. The summed E-state index contributed by atoms with van der Waals surface area (Å²) >= 11 is 7.77. The zero-order valence-electron chi connectivity index (χ0n) is 22.4. The molecule has 3 aromatic carbocycles. The van der Waals surface area contributed by atoms with Crippen LogP contribution in [0.2, 0.25) is 5.02 Å². The summed E-state index contributed by atoms with van der Waals surface area (Å²) in [4.78, 5) is 24.7. The third-order valence-electron chi connectivity index (χ3n) is 6.05. The molecular formula is C30H25ClF2LiNO5S. The molecule has 0 aliphatic rings. The van der Waals surface area contributed by atoms with E-state index in [4.69, 9.17) is 20.8 Å². The molecule has 0 unspecified atom stereocenters. The number of hydrogen-bond donors (Lipinski definition) is 1. The second-order valence-electron chi connectivity index (χ2n) is 8.90. The van der Waals surface area contributed by atoms with Gasteiger partial charge in [0, 0.05) is 16.7 Å². The number of thioether (sulfide) groups is 1. The fourth-order valence-corrected chi connectivity index (χ4v) is 4.77. The van der Waals surface area contributed by atoms with Crippen molar-refractivity contribution in [2.75, 3.05) is 12.0 Å². The predicted molar refractivity (Wildman–Crippen MR) is 149 cm³/mol. The summed E-state index contributed by atoms with van der Waals surface area (Å²) in [7, 11) is 0. The second-order valence-corrected chi connectivity index (χ2v) is 10.3. The van der Waals surface area contributed by atoms with Gasteiger partial charge in [0.05, 0.1) is 23.6 Å². The van der Waals surface area contributed by atoms with Gasteiger partial charge in [0.15, 0.2) is 0 Å². The first kappa shape index (κ1) is 32.5. The van der Waals surface area contributed by atoms with E-state index in [1.165, 1.54) is 36.0 Å². The van der Waals surface area contributed by atoms with Crippen LogP contribution in [0.15, 0.2) is 77.2 Å². The number of halogens is 3. The van der Waals surface area contributed by atoms with E-state index in [1.54, 1.807) is 42.5 Å². The number of rotatable bonds is 12. The number of hydrogen-bond acceptors (Lipinski definition) is 6. The van der Waals surface area contributed by atoms with E-state index in [-0.39, 0.29) is 54.9 Å². The Morgan fingerprint density at radius 3 is 2.39 bits per heavy atom. The van der Waals surface area contributed by atoms with Crippen molar-refractivity contribution in [1.29, 1.82) is 0 Å². The number of aliphatic carboxylic acids is 1. The number of benzene rings is 3. The molecule has 11 heteroatoms. The Kier molecular flexibility index (Phi) is 12.1. The molecule has 1 atom stereocenters. The third kappa shape index (κ3) is 8.71. The van der Waals surface area contributed by atoms with Crippen LogP contribution in [0.3, 0.4) is 0 Å². The zero-order valence-corrected chi connectivity index (χ0v) is 24.0. The molecule has 1 N–H and O–H groups in total. The first-order valence-electron chi connectivity index (χ1n) is 12.3. The van der Waals surface area contributed by atoms with Gasteiger partial charge < -0.3 is 24.4 Å². The van der Waals surface area contributed by atoms with Crippen molar-refractivity contribution >= 4 is 35.2 Å². The molecule has 208 valence electrons. The predicted octanol–water partition coefficient (Wildman–Crippen LogP) is 2.87. The zero-order chi connectivity index (χ0) is 28.6.